The Morgan fingerprint density at radius 2 is 2.27 bits per heavy atom. The van der Waals surface area contributed by atoms with Crippen LogP contribution in [-0.2, 0) is 0 Å². The monoisotopic (exact) mass is 305 g/mol. The molecule has 7 nitrogen and oxygen atoms in total. The Hall–Kier alpha value is -2.41. The fraction of sp³-hybridized carbons (Fsp3) is 0.400. The number of anilines is 1. The van der Waals surface area contributed by atoms with Gasteiger partial charge in [0.1, 0.15) is 5.69 Å². The van der Waals surface area contributed by atoms with Crippen LogP contribution in [0, 0.1) is 10.1 Å². The van der Waals surface area contributed by atoms with Gasteiger partial charge in [0.2, 0.25) is 0 Å². The molecule has 0 aliphatic heterocycles. The highest BCUT2D eigenvalue weighted by molar-refractivity contribution is 5.96. The molecule has 2 N–H and O–H groups in total. The molecule has 0 unspecified atom stereocenters. The second-order valence-corrected chi connectivity index (χ2v) is 5.17. The summed E-state index contributed by atoms with van der Waals surface area (Å²) in [5, 5.41) is 23.2. The van der Waals surface area contributed by atoms with Crippen molar-refractivity contribution in [2.75, 3.05) is 24.6 Å². The topological polar surface area (TPSA) is 95.7 Å². The first-order valence-corrected chi connectivity index (χ1v) is 7.12. The number of aliphatic hydroxyl groups is 1. The number of amides is 1. The highest BCUT2D eigenvalue weighted by Crippen LogP contribution is 2.29. The predicted octanol–water partition coefficient (Wildman–Crippen LogP) is 1.47. The van der Waals surface area contributed by atoms with Gasteiger partial charge in [-0.15, -0.1) is 6.58 Å². The van der Waals surface area contributed by atoms with E-state index < -0.39 is 4.92 Å². The molecule has 2 rings (SSSR count). The van der Waals surface area contributed by atoms with E-state index in [4.69, 9.17) is 5.11 Å². The first-order chi connectivity index (χ1) is 10.6. The lowest BCUT2D eigenvalue weighted by Gasteiger charge is -2.22. The number of nitrogens with zero attached hydrogens (tertiary/aromatic N) is 2. The van der Waals surface area contributed by atoms with E-state index >= 15 is 0 Å². The Bertz CT molecular complexity index is 584. The number of nitro benzene ring substituents is 1. The number of hydrogen-bond acceptors (Lipinski definition) is 5. The summed E-state index contributed by atoms with van der Waals surface area (Å²) in [5.41, 5.74) is 0.477. The van der Waals surface area contributed by atoms with Gasteiger partial charge in [0.25, 0.3) is 11.6 Å². The van der Waals surface area contributed by atoms with Crippen LogP contribution in [0.15, 0.2) is 30.9 Å². The molecule has 7 heteroatoms. The lowest BCUT2D eigenvalue weighted by atomic mass is 10.1. The largest absolute Gasteiger partial charge is 0.395 e. The summed E-state index contributed by atoms with van der Waals surface area (Å²) < 4.78 is 0. The molecule has 1 aliphatic rings. The number of carbonyl (C=O) groups is 1. The molecular weight excluding hydrogens is 286 g/mol. The number of aliphatic hydroxyl groups excluding tert-OH is 1. The van der Waals surface area contributed by atoms with E-state index in [1.165, 1.54) is 6.07 Å². The van der Waals surface area contributed by atoms with E-state index in [0.717, 1.165) is 12.8 Å². The minimum atomic E-state index is -0.517. The highest BCUT2D eigenvalue weighted by atomic mass is 16.6. The minimum absolute atomic E-state index is 0.130. The second kappa shape index (κ2) is 7.04. The summed E-state index contributed by atoms with van der Waals surface area (Å²) in [5.74, 6) is -0.297. The summed E-state index contributed by atoms with van der Waals surface area (Å²) in [6.45, 7) is 4.10. The van der Waals surface area contributed by atoms with Gasteiger partial charge in [0, 0.05) is 30.8 Å². The van der Waals surface area contributed by atoms with E-state index in [1.807, 2.05) is 0 Å². The molecule has 1 aromatic rings. The van der Waals surface area contributed by atoms with Crippen molar-refractivity contribution >= 4 is 17.3 Å². The first kappa shape index (κ1) is 16.0. The summed E-state index contributed by atoms with van der Waals surface area (Å²) in [6.07, 6.45) is 3.51. The van der Waals surface area contributed by atoms with Gasteiger partial charge in [0.15, 0.2) is 0 Å². The molecule has 0 aromatic heterocycles. The van der Waals surface area contributed by atoms with Crippen molar-refractivity contribution in [1.82, 2.24) is 5.32 Å². The number of nitro groups is 1. The van der Waals surface area contributed by atoms with E-state index in [-0.39, 0.29) is 36.4 Å². The normalized spacial score (nSPS) is 13.5. The Labute approximate surface area is 128 Å². The van der Waals surface area contributed by atoms with Gasteiger partial charge in [-0.05, 0) is 25.0 Å². The molecule has 1 saturated carbocycles. The highest BCUT2D eigenvalue weighted by Gasteiger charge is 2.26. The van der Waals surface area contributed by atoms with Crippen LogP contribution >= 0.6 is 0 Å². The molecule has 0 heterocycles. The van der Waals surface area contributed by atoms with E-state index in [2.05, 4.69) is 11.9 Å². The summed E-state index contributed by atoms with van der Waals surface area (Å²) in [7, 11) is 0. The van der Waals surface area contributed by atoms with Crippen molar-refractivity contribution in [2.24, 2.45) is 0 Å². The number of rotatable bonds is 8. The standard InChI is InChI=1S/C15H19N3O4/c1-2-7-17(8-9-19)13-6-3-11(10-14(13)18(21)22)15(20)16-12-4-5-12/h2-3,6,10,12,19H,1,4-5,7-9H2,(H,16,20). The van der Waals surface area contributed by atoms with Crippen LogP contribution in [0.3, 0.4) is 0 Å². The quantitative estimate of drug-likeness (QED) is 0.431. The average Bonchev–Trinajstić information content (AvgIpc) is 3.30. The van der Waals surface area contributed by atoms with Gasteiger partial charge < -0.3 is 15.3 Å². The van der Waals surface area contributed by atoms with Gasteiger partial charge in [-0.3, -0.25) is 14.9 Å². The third-order valence-corrected chi connectivity index (χ3v) is 3.41. The van der Waals surface area contributed by atoms with Gasteiger partial charge in [-0.2, -0.15) is 0 Å². The SMILES string of the molecule is C=CCN(CCO)c1ccc(C(=O)NC2CC2)cc1[N+](=O)[O-]. The molecule has 1 aliphatic carbocycles. The van der Waals surface area contributed by atoms with Crippen LogP contribution in [0.2, 0.25) is 0 Å². The minimum Gasteiger partial charge on any atom is -0.395 e. The molecule has 0 bridgehead atoms. The molecule has 1 fully saturated rings. The van der Waals surface area contributed by atoms with E-state index in [9.17, 15) is 14.9 Å². The van der Waals surface area contributed by atoms with Crippen LogP contribution in [0.1, 0.15) is 23.2 Å². The fourth-order valence-electron chi connectivity index (χ4n) is 2.16. The van der Waals surface area contributed by atoms with Crippen molar-refractivity contribution in [3.8, 4) is 0 Å². The zero-order chi connectivity index (χ0) is 16.1. The molecular formula is C15H19N3O4. The second-order valence-electron chi connectivity index (χ2n) is 5.17. The third-order valence-electron chi connectivity index (χ3n) is 3.41. The maximum absolute atomic E-state index is 12.0. The van der Waals surface area contributed by atoms with Crippen LogP contribution in [0.4, 0.5) is 11.4 Å². The molecule has 1 amide bonds. The van der Waals surface area contributed by atoms with E-state index in [1.54, 1.807) is 23.1 Å². The van der Waals surface area contributed by atoms with Crippen LogP contribution in [0.5, 0.6) is 0 Å². The van der Waals surface area contributed by atoms with E-state index in [0.29, 0.717) is 12.2 Å². The maximum atomic E-state index is 12.0. The summed E-state index contributed by atoms with van der Waals surface area (Å²) in [6, 6.07) is 4.57. The van der Waals surface area contributed by atoms with Gasteiger partial charge in [-0.25, -0.2) is 0 Å². The van der Waals surface area contributed by atoms with Crippen LogP contribution in [-0.4, -0.2) is 41.7 Å². The van der Waals surface area contributed by atoms with Crippen molar-refractivity contribution in [2.45, 2.75) is 18.9 Å². The lowest BCUT2D eigenvalue weighted by Crippen LogP contribution is -2.28. The third kappa shape index (κ3) is 3.82. The molecule has 0 spiro atoms. The Balaban J connectivity index is 2.30. The summed E-state index contributed by atoms with van der Waals surface area (Å²) >= 11 is 0. The molecule has 22 heavy (non-hydrogen) atoms. The van der Waals surface area contributed by atoms with Crippen molar-refractivity contribution in [3.63, 3.8) is 0 Å². The van der Waals surface area contributed by atoms with Gasteiger partial charge in [0.05, 0.1) is 11.5 Å². The van der Waals surface area contributed by atoms with Gasteiger partial charge >= 0.3 is 0 Å². The fourth-order valence-corrected chi connectivity index (χ4v) is 2.16. The smallest absolute Gasteiger partial charge is 0.293 e. The zero-order valence-corrected chi connectivity index (χ0v) is 12.2. The first-order valence-electron chi connectivity index (χ1n) is 7.12. The number of carbonyl (C=O) groups excluding carboxylic acids is 1. The number of hydrogen-bond donors (Lipinski definition) is 2. The van der Waals surface area contributed by atoms with Crippen LogP contribution < -0.4 is 10.2 Å². The average molecular weight is 305 g/mol. The molecule has 0 atom stereocenters. The molecule has 0 saturated heterocycles. The molecule has 0 radical (unpaired) electrons. The zero-order valence-electron chi connectivity index (χ0n) is 12.2. The maximum Gasteiger partial charge on any atom is 0.293 e. The summed E-state index contributed by atoms with van der Waals surface area (Å²) in [4.78, 5) is 24.4. The van der Waals surface area contributed by atoms with Gasteiger partial charge in [-0.1, -0.05) is 6.08 Å². The number of benzene rings is 1. The van der Waals surface area contributed by atoms with Crippen LogP contribution in [0.25, 0.3) is 0 Å². The number of nitrogens with one attached hydrogen (secondary N) is 1. The van der Waals surface area contributed by atoms with Crippen molar-refractivity contribution < 1.29 is 14.8 Å². The Morgan fingerprint density at radius 1 is 1.55 bits per heavy atom. The molecule has 118 valence electrons. The van der Waals surface area contributed by atoms with Crippen molar-refractivity contribution in [1.29, 1.82) is 0 Å². The van der Waals surface area contributed by atoms with Crippen molar-refractivity contribution in [3.05, 3.63) is 46.5 Å². The predicted molar refractivity (Wildman–Crippen MR) is 83.1 cm³/mol. The lowest BCUT2D eigenvalue weighted by molar-refractivity contribution is -0.384. The Kier molecular flexibility index (Phi) is 5.11. The molecule has 1 aromatic carbocycles. The Morgan fingerprint density at radius 3 is 2.82 bits per heavy atom.